The van der Waals surface area contributed by atoms with Crippen molar-refractivity contribution in [2.24, 2.45) is 11.1 Å². The Bertz CT molecular complexity index is 550. The van der Waals surface area contributed by atoms with Crippen molar-refractivity contribution in [3.05, 3.63) is 35.4 Å². The molecule has 20 heavy (non-hydrogen) atoms. The molecule has 0 heterocycles. The van der Waals surface area contributed by atoms with Gasteiger partial charge in [-0.05, 0) is 29.4 Å². The number of nitrogens with two attached hydrogens (primary N) is 1. The van der Waals surface area contributed by atoms with Crippen LogP contribution in [0.15, 0.2) is 24.3 Å². The van der Waals surface area contributed by atoms with Crippen molar-refractivity contribution in [1.29, 1.82) is 0 Å². The minimum Gasteiger partial charge on any atom is -0.326 e. The molecule has 1 aromatic rings. The normalized spacial score (nSPS) is 22.1. The lowest BCUT2D eigenvalue weighted by Crippen LogP contribution is -2.41. The van der Waals surface area contributed by atoms with Crippen molar-refractivity contribution < 1.29 is 8.42 Å². The van der Waals surface area contributed by atoms with E-state index in [4.69, 9.17) is 5.73 Å². The summed E-state index contributed by atoms with van der Waals surface area (Å²) in [6.07, 6.45) is 3.09. The summed E-state index contributed by atoms with van der Waals surface area (Å²) in [7, 11) is -3.29. The molecular formula is C15H24N2O2S. The van der Waals surface area contributed by atoms with Crippen LogP contribution in [0.2, 0.25) is 0 Å². The first-order valence-corrected chi connectivity index (χ1v) is 8.75. The Morgan fingerprint density at radius 2 is 1.85 bits per heavy atom. The maximum Gasteiger partial charge on any atom is 0.216 e. The first kappa shape index (κ1) is 15.5. The first-order valence-electron chi connectivity index (χ1n) is 7.10. The van der Waals surface area contributed by atoms with Crippen LogP contribution in [0.4, 0.5) is 0 Å². The molecule has 1 aliphatic carbocycles. The molecule has 1 unspecified atom stereocenters. The monoisotopic (exact) mass is 296 g/mol. The van der Waals surface area contributed by atoms with E-state index in [2.05, 4.69) is 18.6 Å². The standard InChI is InChI=1S/C15H24N2O2S/c1-15(2)9-3-4-14(15)17-20(18,19)11-13-7-5-12(10-16)6-8-13/h5-8,14,17H,3-4,9-11,16H2,1-2H3. The van der Waals surface area contributed by atoms with Crippen LogP contribution in [0.3, 0.4) is 0 Å². The Morgan fingerprint density at radius 1 is 1.25 bits per heavy atom. The van der Waals surface area contributed by atoms with Gasteiger partial charge in [0.05, 0.1) is 5.75 Å². The Balaban J connectivity index is 2.03. The molecule has 112 valence electrons. The summed E-state index contributed by atoms with van der Waals surface area (Å²) in [5.74, 6) is 0.0322. The van der Waals surface area contributed by atoms with Gasteiger partial charge in [-0.15, -0.1) is 0 Å². The van der Waals surface area contributed by atoms with Gasteiger partial charge in [0.25, 0.3) is 0 Å². The lowest BCUT2D eigenvalue weighted by Gasteiger charge is -2.27. The fraction of sp³-hybridized carbons (Fsp3) is 0.600. The van der Waals surface area contributed by atoms with Crippen LogP contribution >= 0.6 is 0 Å². The number of rotatable bonds is 5. The average molecular weight is 296 g/mol. The van der Waals surface area contributed by atoms with Gasteiger partial charge < -0.3 is 5.73 Å². The molecular weight excluding hydrogens is 272 g/mol. The molecule has 3 N–H and O–H groups in total. The van der Waals surface area contributed by atoms with Gasteiger partial charge in [0.15, 0.2) is 0 Å². The highest BCUT2D eigenvalue weighted by atomic mass is 32.2. The minimum absolute atomic E-state index is 0.0322. The Hall–Kier alpha value is -0.910. The summed E-state index contributed by atoms with van der Waals surface area (Å²) in [6, 6.07) is 7.48. The van der Waals surface area contributed by atoms with Gasteiger partial charge >= 0.3 is 0 Å². The van der Waals surface area contributed by atoms with Crippen molar-refractivity contribution in [3.8, 4) is 0 Å². The third-order valence-corrected chi connectivity index (χ3v) is 5.55. The van der Waals surface area contributed by atoms with E-state index >= 15 is 0 Å². The van der Waals surface area contributed by atoms with Crippen LogP contribution in [0, 0.1) is 5.41 Å². The number of hydrogen-bond acceptors (Lipinski definition) is 3. The van der Waals surface area contributed by atoms with Crippen LogP contribution in [-0.4, -0.2) is 14.5 Å². The Labute approximate surface area is 121 Å². The highest BCUT2D eigenvalue weighted by Crippen LogP contribution is 2.37. The van der Waals surface area contributed by atoms with Crippen molar-refractivity contribution in [2.45, 2.75) is 51.4 Å². The zero-order valence-corrected chi connectivity index (χ0v) is 13.0. The van der Waals surface area contributed by atoms with Crippen molar-refractivity contribution in [1.82, 2.24) is 4.72 Å². The van der Waals surface area contributed by atoms with E-state index in [1.807, 2.05) is 24.3 Å². The molecule has 1 atom stereocenters. The summed E-state index contributed by atoms with van der Waals surface area (Å²) in [6.45, 7) is 4.73. The van der Waals surface area contributed by atoms with Crippen molar-refractivity contribution >= 4 is 10.0 Å². The van der Waals surface area contributed by atoms with E-state index in [-0.39, 0.29) is 17.2 Å². The summed E-state index contributed by atoms with van der Waals surface area (Å²) in [4.78, 5) is 0. The molecule has 1 aliphatic rings. The summed E-state index contributed by atoms with van der Waals surface area (Å²) in [5.41, 5.74) is 7.39. The number of hydrogen-bond donors (Lipinski definition) is 2. The SMILES string of the molecule is CC1(C)CCCC1NS(=O)(=O)Cc1ccc(CN)cc1. The Morgan fingerprint density at radius 3 is 2.35 bits per heavy atom. The number of benzene rings is 1. The predicted octanol–water partition coefficient (Wildman–Crippen LogP) is 2.14. The fourth-order valence-electron chi connectivity index (χ4n) is 2.79. The third kappa shape index (κ3) is 3.81. The van der Waals surface area contributed by atoms with Crippen LogP contribution in [0.1, 0.15) is 44.2 Å². The lowest BCUT2D eigenvalue weighted by molar-refractivity contribution is 0.313. The van der Waals surface area contributed by atoms with Gasteiger partial charge in [-0.2, -0.15) is 0 Å². The highest BCUT2D eigenvalue weighted by Gasteiger charge is 2.36. The number of sulfonamides is 1. The molecule has 0 bridgehead atoms. The topological polar surface area (TPSA) is 72.2 Å². The summed E-state index contributed by atoms with van der Waals surface area (Å²) in [5, 5.41) is 0. The van der Waals surface area contributed by atoms with E-state index in [1.54, 1.807) is 0 Å². The van der Waals surface area contributed by atoms with E-state index in [0.29, 0.717) is 6.54 Å². The highest BCUT2D eigenvalue weighted by molar-refractivity contribution is 7.88. The maximum absolute atomic E-state index is 12.3. The third-order valence-electron chi connectivity index (χ3n) is 4.19. The van der Waals surface area contributed by atoms with E-state index in [9.17, 15) is 8.42 Å². The zero-order valence-electron chi connectivity index (χ0n) is 12.2. The zero-order chi connectivity index (χ0) is 14.8. The summed E-state index contributed by atoms with van der Waals surface area (Å²) >= 11 is 0. The van der Waals surface area contributed by atoms with E-state index in [0.717, 1.165) is 30.4 Å². The molecule has 1 fully saturated rings. The summed E-state index contributed by atoms with van der Waals surface area (Å²) < 4.78 is 27.4. The molecule has 0 radical (unpaired) electrons. The maximum atomic E-state index is 12.3. The van der Waals surface area contributed by atoms with E-state index < -0.39 is 10.0 Å². The smallest absolute Gasteiger partial charge is 0.216 e. The molecule has 0 aromatic heterocycles. The van der Waals surface area contributed by atoms with Gasteiger partial charge in [-0.1, -0.05) is 44.5 Å². The van der Waals surface area contributed by atoms with Gasteiger partial charge in [-0.3, -0.25) is 0 Å². The first-order chi connectivity index (χ1) is 9.32. The molecule has 0 spiro atoms. The van der Waals surface area contributed by atoms with Crippen LogP contribution in [-0.2, 0) is 22.3 Å². The fourth-order valence-corrected chi connectivity index (χ4v) is 4.38. The largest absolute Gasteiger partial charge is 0.326 e. The second-order valence-electron chi connectivity index (χ2n) is 6.33. The van der Waals surface area contributed by atoms with Crippen molar-refractivity contribution in [3.63, 3.8) is 0 Å². The minimum atomic E-state index is -3.29. The Kier molecular flexibility index (Phi) is 4.52. The molecule has 1 aromatic carbocycles. The van der Waals surface area contributed by atoms with Gasteiger partial charge in [0.1, 0.15) is 0 Å². The molecule has 2 rings (SSSR count). The molecule has 4 nitrogen and oxygen atoms in total. The second kappa shape index (κ2) is 5.84. The molecule has 1 saturated carbocycles. The van der Waals surface area contributed by atoms with Gasteiger partial charge in [-0.25, -0.2) is 13.1 Å². The van der Waals surface area contributed by atoms with Crippen molar-refractivity contribution in [2.75, 3.05) is 0 Å². The second-order valence-corrected chi connectivity index (χ2v) is 8.08. The van der Waals surface area contributed by atoms with Crippen LogP contribution in [0.5, 0.6) is 0 Å². The molecule has 0 aliphatic heterocycles. The predicted molar refractivity (Wildman–Crippen MR) is 81.5 cm³/mol. The lowest BCUT2D eigenvalue weighted by atomic mass is 9.88. The molecule has 5 heteroatoms. The quantitative estimate of drug-likeness (QED) is 0.874. The van der Waals surface area contributed by atoms with Crippen LogP contribution < -0.4 is 10.5 Å². The molecule has 0 amide bonds. The molecule has 0 saturated heterocycles. The average Bonchev–Trinajstić information content (AvgIpc) is 2.68. The van der Waals surface area contributed by atoms with Gasteiger partial charge in [0, 0.05) is 12.6 Å². The van der Waals surface area contributed by atoms with Gasteiger partial charge in [0.2, 0.25) is 10.0 Å². The number of nitrogens with one attached hydrogen (secondary N) is 1. The van der Waals surface area contributed by atoms with Crippen LogP contribution in [0.25, 0.3) is 0 Å². The van der Waals surface area contributed by atoms with E-state index in [1.165, 1.54) is 0 Å².